The molecular formula is C16H16N6O. The number of rotatable bonds is 3. The van der Waals surface area contributed by atoms with Crippen LogP contribution in [-0.4, -0.2) is 50.3 Å². The van der Waals surface area contributed by atoms with E-state index in [1.165, 1.54) is 0 Å². The van der Waals surface area contributed by atoms with E-state index in [1.54, 1.807) is 10.8 Å². The number of fused-ring (bicyclic) bond motifs is 1. The summed E-state index contributed by atoms with van der Waals surface area (Å²) in [4.78, 5) is 16.3. The topological polar surface area (TPSA) is 66.6 Å². The van der Waals surface area contributed by atoms with Crippen LogP contribution in [0.2, 0.25) is 0 Å². The number of benzene rings is 1. The molecule has 0 bridgehead atoms. The zero-order valence-corrected chi connectivity index (χ0v) is 12.5. The zero-order valence-electron chi connectivity index (χ0n) is 12.5. The fourth-order valence-electron chi connectivity index (χ4n) is 2.76. The van der Waals surface area contributed by atoms with Crippen molar-refractivity contribution in [1.82, 2.24) is 24.7 Å². The molecule has 23 heavy (non-hydrogen) atoms. The number of hydrogen-bond acceptors (Lipinski definition) is 5. The summed E-state index contributed by atoms with van der Waals surface area (Å²) in [5, 5.41) is 12.2. The molecule has 2 aromatic heterocycles. The first-order chi connectivity index (χ1) is 11.3. The van der Waals surface area contributed by atoms with Gasteiger partial charge in [-0.15, -0.1) is 15.3 Å². The normalized spacial score (nSPS) is 15.4. The summed E-state index contributed by atoms with van der Waals surface area (Å²) in [5.74, 6) is 0.885. The molecule has 1 saturated heterocycles. The first kappa shape index (κ1) is 13.7. The summed E-state index contributed by atoms with van der Waals surface area (Å²) < 4.78 is 1.62. The largest absolute Gasteiger partial charge is 0.344 e. The molecule has 0 N–H and O–H groups in total. The van der Waals surface area contributed by atoms with Crippen LogP contribution in [-0.2, 0) is 11.3 Å². The fourth-order valence-corrected chi connectivity index (χ4v) is 2.76. The van der Waals surface area contributed by atoms with E-state index in [1.807, 2.05) is 52.3 Å². The summed E-state index contributed by atoms with van der Waals surface area (Å²) in [6.45, 7) is 2.45. The monoisotopic (exact) mass is 308 g/mol. The minimum absolute atomic E-state index is 0.116. The summed E-state index contributed by atoms with van der Waals surface area (Å²) in [5.41, 5.74) is 1.85. The first-order valence-corrected chi connectivity index (χ1v) is 7.53. The maximum Gasteiger partial charge on any atom is 0.242 e. The SMILES string of the molecule is O=C1CN(c2ccc3nncn3n2)CCN1Cc1ccccc1. The third-order valence-electron chi connectivity index (χ3n) is 4.01. The lowest BCUT2D eigenvalue weighted by atomic mass is 10.2. The summed E-state index contributed by atoms with van der Waals surface area (Å²) in [6.07, 6.45) is 1.56. The Balaban J connectivity index is 1.47. The Morgan fingerprint density at radius 2 is 1.91 bits per heavy atom. The predicted octanol–water partition coefficient (Wildman–Crippen LogP) is 0.973. The van der Waals surface area contributed by atoms with Gasteiger partial charge in [0.25, 0.3) is 0 Å². The number of nitrogens with zero attached hydrogens (tertiary/aromatic N) is 6. The minimum Gasteiger partial charge on any atom is -0.344 e. The molecule has 0 atom stereocenters. The van der Waals surface area contributed by atoms with Crippen molar-refractivity contribution < 1.29 is 4.79 Å². The molecule has 1 aromatic carbocycles. The Bertz CT molecular complexity index is 831. The number of carbonyl (C=O) groups excluding carboxylic acids is 1. The number of hydrogen-bond donors (Lipinski definition) is 0. The number of amides is 1. The van der Waals surface area contributed by atoms with E-state index in [2.05, 4.69) is 15.3 Å². The Labute approximate surface area is 133 Å². The van der Waals surface area contributed by atoms with Crippen LogP contribution >= 0.6 is 0 Å². The highest BCUT2D eigenvalue weighted by molar-refractivity contribution is 5.82. The molecule has 1 fully saturated rings. The molecule has 0 saturated carbocycles. The molecule has 1 amide bonds. The molecular weight excluding hydrogens is 292 g/mol. The van der Waals surface area contributed by atoms with Crippen molar-refractivity contribution in [1.29, 1.82) is 0 Å². The molecule has 0 aliphatic carbocycles. The quantitative estimate of drug-likeness (QED) is 0.721. The Hall–Kier alpha value is -2.96. The predicted molar refractivity (Wildman–Crippen MR) is 84.9 cm³/mol. The van der Waals surface area contributed by atoms with Gasteiger partial charge < -0.3 is 9.80 Å². The van der Waals surface area contributed by atoms with Gasteiger partial charge in [0.1, 0.15) is 12.1 Å². The lowest BCUT2D eigenvalue weighted by molar-refractivity contribution is -0.131. The van der Waals surface area contributed by atoms with Crippen molar-refractivity contribution in [3.8, 4) is 0 Å². The standard InChI is InChI=1S/C16H16N6O/c23-16-11-20(15-7-6-14-18-17-12-22(14)19-15)8-9-21(16)10-13-4-2-1-3-5-13/h1-7,12H,8-11H2. The van der Waals surface area contributed by atoms with Crippen LogP contribution in [0.3, 0.4) is 0 Å². The van der Waals surface area contributed by atoms with Gasteiger partial charge in [-0.2, -0.15) is 4.52 Å². The number of aromatic nitrogens is 4. The van der Waals surface area contributed by atoms with Crippen molar-refractivity contribution >= 4 is 17.4 Å². The van der Waals surface area contributed by atoms with E-state index in [9.17, 15) is 4.79 Å². The van der Waals surface area contributed by atoms with E-state index < -0.39 is 0 Å². The van der Waals surface area contributed by atoms with Gasteiger partial charge in [0.05, 0.1) is 6.54 Å². The van der Waals surface area contributed by atoms with Crippen LogP contribution in [0, 0.1) is 0 Å². The van der Waals surface area contributed by atoms with Crippen LogP contribution in [0.15, 0.2) is 48.8 Å². The highest BCUT2D eigenvalue weighted by Gasteiger charge is 2.25. The van der Waals surface area contributed by atoms with Crippen LogP contribution < -0.4 is 4.90 Å². The summed E-state index contributed by atoms with van der Waals surface area (Å²) in [6, 6.07) is 13.8. The lowest BCUT2D eigenvalue weighted by Crippen LogP contribution is -2.50. The maximum atomic E-state index is 12.4. The average molecular weight is 308 g/mol. The van der Waals surface area contributed by atoms with E-state index in [-0.39, 0.29) is 5.91 Å². The molecule has 4 rings (SSSR count). The van der Waals surface area contributed by atoms with Crippen molar-refractivity contribution in [2.24, 2.45) is 0 Å². The van der Waals surface area contributed by atoms with Gasteiger partial charge >= 0.3 is 0 Å². The highest BCUT2D eigenvalue weighted by atomic mass is 16.2. The van der Waals surface area contributed by atoms with Crippen molar-refractivity contribution in [3.05, 3.63) is 54.4 Å². The molecule has 0 radical (unpaired) electrons. The second-order valence-electron chi connectivity index (χ2n) is 5.55. The molecule has 1 aliphatic heterocycles. The van der Waals surface area contributed by atoms with Crippen molar-refractivity contribution in [2.45, 2.75) is 6.54 Å². The molecule has 7 nitrogen and oxygen atoms in total. The third-order valence-corrected chi connectivity index (χ3v) is 4.01. The van der Waals surface area contributed by atoms with Gasteiger partial charge in [0.15, 0.2) is 5.65 Å². The van der Waals surface area contributed by atoms with Crippen molar-refractivity contribution in [3.63, 3.8) is 0 Å². The maximum absolute atomic E-state index is 12.4. The molecule has 0 unspecified atom stereocenters. The van der Waals surface area contributed by atoms with Crippen molar-refractivity contribution in [2.75, 3.05) is 24.5 Å². The highest BCUT2D eigenvalue weighted by Crippen LogP contribution is 2.16. The summed E-state index contributed by atoms with van der Waals surface area (Å²) >= 11 is 0. The first-order valence-electron chi connectivity index (χ1n) is 7.53. The van der Waals surface area contributed by atoms with E-state index >= 15 is 0 Å². The van der Waals surface area contributed by atoms with Crippen LogP contribution in [0.4, 0.5) is 5.82 Å². The van der Waals surface area contributed by atoms with Gasteiger partial charge in [0.2, 0.25) is 5.91 Å². The average Bonchev–Trinajstić information content (AvgIpc) is 3.05. The second-order valence-corrected chi connectivity index (χ2v) is 5.55. The fraction of sp³-hybridized carbons (Fsp3) is 0.250. The van der Waals surface area contributed by atoms with Gasteiger partial charge in [-0.3, -0.25) is 4.79 Å². The Morgan fingerprint density at radius 3 is 2.74 bits per heavy atom. The van der Waals surface area contributed by atoms with Crippen LogP contribution in [0.25, 0.3) is 5.65 Å². The third kappa shape index (κ3) is 2.73. The van der Waals surface area contributed by atoms with E-state index in [0.717, 1.165) is 17.9 Å². The molecule has 116 valence electrons. The number of piperazine rings is 1. The number of carbonyl (C=O) groups is 1. The molecule has 3 heterocycles. The smallest absolute Gasteiger partial charge is 0.242 e. The summed E-state index contributed by atoms with van der Waals surface area (Å²) in [7, 11) is 0. The Kier molecular flexibility index (Phi) is 3.38. The van der Waals surface area contributed by atoms with E-state index in [4.69, 9.17) is 0 Å². The molecule has 3 aromatic rings. The second kappa shape index (κ2) is 5.68. The Morgan fingerprint density at radius 1 is 1.04 bits per heavy atom. The van der Waals surface area contributed by atoms with Gasteiger partial charge in [-0.05, 0) is 17.7 Å². The van der Waals surface area contributed by atoms with Gasteiger partial charge in [-0.25, -0.2) is 0 Å². The molecule has 7 heteroatoms. The van der Waals surface area contributed by atoms with Crippen LogP contribution in [0.5, 0.6) is 0 Å². The van der Waals surface area contributed by atoms with Gasteiger partial charge in [-0.1, -0.05) is 30.3 Å². The number of anilines is 1. The molecule has 0 spiro atoms. The lowest BCUT2D eigenvalue weighted by Gasteiger charge is -2.34. The minimum atomic E-state index is 0.116. The molecule has 1 aliphatic rings. The van der Waals surface area contributed by atoms with Crippen LogP contribution in [0.1, 0.15) is 5.56 Å². The zero-order chi connectivity index (χ0) is 15.6. The van der Waals surface area contributed by atoms with Gasteiger partial charge in [0, 0.05) is 19.6 Å². The van der Waals surface area contributed by atoms with E-state index in [0.29, 0.717) is 25.3 Å².